The fourth-order valence-electron chi connectivity index (χ4n) is 3.12. The van der Waals surface area contributed by atoms with Gasteiger partial charge >= 0.3 is 6.18 Å². The Hall–Kier alpha value is -2.67. The Morgan fingerprint density at radius 3 is 2.56 bits per heavy atom. The van der Waals surface area contributed by atoms with Crippen LogP contribution < -0.4 is 4.90 Å². The molecule has 3 nitrogen and oxygen atoms in total. The normalized spacial score (nSPS) is 16.9. The number of aromatic nitrogens is 1. The summed E-state index contributed by atoms with van der Waals surface area (Å²) in [5, 5.41) is 0.713. The molecule has 0 N–H and O–H groups in total. The van der Waals surface area contributed by atoms with Gasteiger partial charge in [0.15, 0.2) is 5.13 Å². The van der Waals surface area contributed by atoms with E-state index in [-0.39, 0.29) is 11.6 Å². The van der Waals surface area contributed by atoms with Crippen molar-refractivity contribution >= 4 is 22.3 Å². The van der Waals surface area contributed by atoms with E-state index in [2.05, 4.69) is 22.0 Å². The summed E-state index contributed by atoms with van der Waals surface area (Å²) in [5.74, 6) is -0.443. The van der Waals surface area contributed by atoms with Gasteiger partial charge in [-0.15, -0.1) is 0 Å². The Bertz CT molecular complexity index is 969. The van der Waals surface area contributed by atoms with Crippen molar-refractivity contribution in [1.29, 1.82) is 0 Å². The van der Waals surface area contributed by atoms with Gasteiger partial charge in [-0.3, -0.25) is 4.79 Å². The molecule has 0 radical (unpaired) electrons. The maximum atomic E-state index is 12.9. The zero-order chi connectivity index (χ0) is 19.0. The Morgan fingerprint density at radius 2 is 1.89 bits per heavy atom. The van der Waals surface area contributed by atoms with Crippen molar-refractivity contribution < 1.29 is 18.0 Å². The van der Waals surface area contributed by atoms with Crippen LogP contribution in [0.2, 0.25) is 0 Å². The molecule has 1 saturated heterocycles. The SMILES string of the molecule is O=C(c1cccc(C(F)(F)F)c1)c1cnc(N2CC[C@H]2c2ccccc2)s1. The number of hydrogen-bond donors (Lipinski definition) is 0. The van der Waals surface area contributed by atoms with Crippen molar-refractivity contribution in [1.82, 2.24) is 4.98 Å². The second-order valence-electron chi connectivity index (χ2n) is 6.32. The van der Waals surface area contributed by atoms with E-state index in [1.807, 2.05) is 18.2 Å². The van der Waals surface area contributed by atoms with Crippen molar-refractivity contribution in [3.05, 3.63) is 82.4 Å². The first-order chi connectivity index (χ1) is 12.9. The van der Waals surface area contributed by atoms with Crippen molar-refractivity contribution in [2.24, 2.45) is 0 Å². The number of anilines is 1. The van der Waals surface area contributed by atoms with E-state index >= 15 is 0 Å². The van der Waals surface area contributed by atoms with Crippen LogP contribution in [-0.4, -0.2) is 17.3 Å². The third-order valence-corrected chi connectivity index (χ3v) is 5.65. The molecule has 138 valence electrons. The molecular weight excluding hydrogens is 373 g/mol. The summed E-state index contributed by atoms with van der Waals surface area (Å²) in [7, 11) is 0. The second kappa shape index (κ2) is 6.81. The molecule has 0 unspecified atom stereocenters. The number of alkyl halides is 3. The fraction of sp³-hybridized carbons (Fsp3) is 0.200. The number of hydrogen-bond acceptors (Lipinski definition) is 4. The highest BCUT2D eigenvalue weighted by Gasteiger charge is 2.33. The Morgan fingerprint density at radius 1 is 1.11 bits per heavy atom. The molecule has 0 saturated carbocycles. The minimum Gasteiger partial charge on any atom is -0.341 e. The molecule has 3 aromatic rings. The van der Waals surface area contributed by atoms with Crippen LogP contribution in [0.15, 0.2) is 60.8 Å². The van der Waals surface area contributed by atoms with Gasteiger partial charge in [0.2, 0.25) is 5.78 Å². The lowest BCUT2D eigenvalue weighted by atomic mass is 9.96. The third-order valence-electron chi connectivity index (χ3n) is 4.62. The summed E-state index contributed by atoms with van der Waals surface area (Å²) in [5.41, 5.74) is 0.373. The summed E-state index contributed by atoms with van der Waals surface area (Å²) in [6, 6.07) is 14.7. The van der Waals surface area contributed by atoms with Crippen LogP contribution in [0.25, 0.3) is 0 Å². The standard InChI is InChI=1S/C20H15F3N2OS/c21-20(22,23)15-8-4-7-14(11-15)18(26)17-12-24-19(27-17)25-10-9-16(25)13-5-2-1-3-6-13/h1-8,11-12,16H,9-10H2/t16-/m0/s1. The summed E-state index contributed by atoms with van der Waals surface area (Å²) in [6.07, 6.45) is -2.03. The highest BCUT2D eigenvalue weighted by atomic mass is 32.1. The number of ketones is 1. The molecule has 2 aromatic carbocycles. The monoisotopic (exact) mass is 388 g/mol. The number of rotatable bonds is 4. The lowest BCUT2D eigenvalue weighted by Gasteiger charge is -2.41. The van der Waals surface area contributed by atoms with Gasteiger partial charge in [-0.25, -0.2) is 4.98 Å². The molecule has 7 heteroatoms. The van der Waals surface area contributed by atoms with Crippen LogP contribution in [0.3, 0.4) is 0 Å². The first-order valence-corrected chi connectivity index (χ1v) is 9.24. The fourth-order valence-corrected chi connectivity index (χ4v) is 4.07. The van der Waals surface area contributed by atoms with E-state index in [0.29, 0.717) is 10.0 Å². The van der Waals surface area contributed by atoms with Gasteiger partial charge < -0.3 is 4.90 Å². The van der Waals surface area contributed by atoms with E-state index in [1.165, 1.54) is 35.2 Å². The minimum atomic E-state index is -4.48. The van der Waals surface area contributed by atoms with Gasteiger partial charge in [0, 0.05) is 12.1 Å². The van der Waals surface area contributed by atoms with Gasteiger partial charge in [-0.1, -0.05) is 53.8 Å². The minimum absolute atomic E-state index is 0.0169. The Balaban J connectivity index is 1.55. The van der Waals surface area contributed by atoms with Gasteiger partial charge in [-0.2, -0.15) is 13.2 Å². The highest BCUT2D eigenvalue weighted by molar-refractivity contribution is 7.17. The number of carbonyl (C=O) groups excluding carboxylic acids is 1. The van der Waals surface area contributed by atoms with Crippen molar-refractivity contribution in [3.8, 4) is 0 Å². The van der Waals surface area contributed by atoms with Crippen LogP contribution in [0.1, 0.15) is 38.8 Å². The number of nitrogens with zero attached hydrogens (tertiary/aromatic N) is 2. The third kappa shape index (κ3) is 3.47. The van der Waals surface area contributed by atoms with Gasteiger partial charge in [0.25, 0.3) is 0 Å². The van der Waals surface area contributed by atoms with Crippen molar-refractivity contribution in [2.75, 3.05) is 11.4 Å². The summed E-state index contributed by atoms with van der Waals surface area (Å²) in [6.45, 7) is 0.838. The summed E-state index contributed by atoms with van der Waals surface area (Å²) < 4.78 is 38.6. The number of halogens is 3. The maximum absolute atomic E-state index is 12.9. The summed E-state index contributed by atoms with van der Waals surface area (Å²) >= 11 is 1.22. The van der Waals surface area contributed by atoms with E-state index < -0.39 is 17.5 Å². The predicted octanol–water partition coefficient (Wildman–Crippen LogP) is 5.34. The molecule has 1 aromatic heterocycles. The molecule has 0 aliphatic carbocycles. The van der Waals surface area contributed by atoms with Crippen LogP contribution in [-0.2, 0) is 6.18 Å². The Labute approximate surface area is 158 Å². The zero-order valence-electron chi connectivity index (χ0n) is 14.1. The smallest absolute Gasteiger partial charge is 0.341 e. The zero-order valence-corrected chi connectivity index (χ0v) is 14.9. The number of benzene rings is 2. The molecule has 1 fully saturated rings. The molecule has 2 heterocycles. The molecule has 1 atom stereocenters. The van der Waals surface area contributed by atoms with Gasteiger partial charge in [0.1, 0.15) is 0 Å². The Kier molecular flexibility index (Phi) is 4.47. The molecule has 1 aliphatic heterocycles. The number of thiazole rings is 1. The van der Waals surface area contributed by atoms with E-state index in [0.717, 1.165) is 25.1 Å². The van der Waals surface area contributed by atoms with Gasteiger partial charge in [0.05, 0.1) is 22.7 Å². The quantitative estimate of drug-likeness (QED) is 0.566. The van der Waals surface area contributed by atoms with E-state index in [4.69, 9.17) is 0 Å². The van der Waals surface area contributed by atoms with Crippen molar-refractivity contribution in [3.63, 3.8) is 0 Å². The molecule has 0 bridgehead atoms. The predicted molar refractivity (Wildman–Crippen MR) is 98.1 cm³/mol. The van der Waals surface area contributed by atoms with Crippen molar-refractivity contribution in [2.45, 2.75) is 18.6 Å². The lowest BCUT2D eigenvalue weighted by molar-refractivity contribution is -0.137. The maximum Gasteiger partial charge on any atom is 0.416 e. The first-order valence-electron chi connectivity index (χ1n) is 8.43. The first kappa shape index (κ1) is 17.7. The second-order valence-corrected chi connectivity index (χ2v) is 7.33. The van der Waals surface area contributed by atoms with E-state index in [1.54, 1.807) is 0 Å². The molecule has 0 spiro atoms. The number of carbonyl (C=O) groups is 1. The largest absolute Gasteiger partial charge is 0.416 e. The molecule has 27 heavy (non-hydrogen) atoms. The average Bonchev–Trinajstić information content (AvgIpc) is 3.10. The molecule has 4 rings (SSSR count). The van der Waals surface area contributed by atoms with Gasteiger partial charge in [-0.05, 0) is 24.1 Å². The van der Waals surface area contributed by atoms with Crippen LogP contribution in [0.4, 0.5) is 18.3 Å². The average molecular weight is 388 g/mol. The molecule has 0 amide bonds. The van der Waals surface area contributed by atoms with E-state index in [9.17, 15) is 18.0 Å². The topological polar surface area (TPSA) is 33.2 Å². The highest BCUT2D eigenvalue weighted by Crippen LogP contribution is 2.39. The van der Waals surface area contributed by atoms with Crippen LogP contribution in [0.5, 0.6) is 0 Å². The van der Waals surface area contributed by atoms with Crippen LogP contribution >= 0.6 is 11.3 Å². The summed E-state index contributed by atoms with van der Waals surface area (Å²) in [4.78, 5) is 19.4. The molecule has 1 aliphatic rings. The van der Waals surface area contributed by atoms with Crippen LogP contribution in [0, 0.1) is 0 Å². The lowest BCUT2D eigenvalue weighted by Crippen LogP contribution is -2.40. The molecular formula is C20H15F3N2OS.